The molecule has 0 aliphatic carbocycles. The zero-order chi connectivity index (χ0) is 18.8. The van der Waals surface area contributed by atoms with Crippen molar-refractivity contribution in [2.45, 2.75) is 39.7 Å². The second-order valence-electron chi connectivity index (χ2n) is 7.85. The fourth-order valence-corrected chi connectivity index (χ4v) is 2.98. The van der Waals surface area contributed by atoms with E-state index in [-0.39, 0.29) is 23.3 Å². The Morgan fingerprint density at radius 1 is 1.20 bits per heavy atom. The van der Waals surface area contributed by atoms with Crippen LogP contribution in [0.15, 0.2) is 18.2 Å². The highest BCUT2D eigenvalue weighted by Crippen LogP contribution is 2.22. The van der Waals surface area contributed by atoms with Gasteiger partial charge < -0.3 is 15.1 Å². The number of rotatable bonds is 3. The Hall–Kier alpha value is -2.11. The number of anilines is 1. The first-order valence-corrected chi connectivity index (χ1v) is 8.66. The van der Waals surface area contributed by atoms with Crippen LogP contribution in [0.5, 0.6) is 0 Å². The predicted octanol–water partition coefficient (Wildman–Crippen LogP) is 2.66. The van der Waals surface area contributed by atoms with Crippen molar-refractivity contribution in [2.24, 2.45) is 5.41 Å². The van der Waals surface area contributed by atoms with Gasteiger partial charge in [0.05, 0.1) is 5.69 Å². The number of amides is 2. The fourth-order valence-electron chi connectivity index (χ4n) is 2.98. The van der Waals surface area contributed by atoms with Crippen LogP contribution in [0.1, 0.15) is 44.0 Å². The van der Waals surface area contributed by atoms with Gasteiger partial charge in [0.25, 0.3) is 5.91 Å². The molecule has 0 radical (unpaired) electrons. The molecule has 0 saturated carbocycles. The van der Waals surface area contributed by atoms with E-state index >= 15 is 0 Å². The molecule has 0 aromatic heterocycles. The van der Waals surface area contributed by atoms with Gasteiger partial charge in [-0.3, -0.25) is 9.59 Å². The number of halogens is 1. The normalized spacial score (nSPS) is 15.8. The Morgan fingerprint density at radius 2 is 1.80 bits per heavy atom. The van der Waals surface area contributed by atoms with Gasteiger partial charge in [-0.25, -0.2) is 4.39 Å². The van der Waals surface area contributed by atoms with E-state index in [0.29, 0.717) is 37.2 Å². The lowest BCUT2D eigenvalue weighted by Gasteiger charge is -2.36. The van der Waals surface area contributed by atoms with Gasteiger partial charge in [0, 0.05) is 44.2 Å². The summed E-state index contributed by atoms with van der Waals surface area (Å²) in [6.07, 6.45) is 1.43. The molecule has 1 aromatic rings. The third-order valence-electron chi connectivity index (χ3n) is 4.45. The first kappa shape index (κ1) is 19.2. The van der Waals surface area contributed by atoms with Crippen molar-refractivity contribution in [1.82, 2.24) is 10.2 Å². The van der Waals surface area contributed by atoms with Gasteiger partial charge in [0.15, 0.2) is 0 Å². The predicted molar refractivity (Wildman–Crippen MR) is 97.3 cm³/mol. The van der Waals surface area contributed by atoms with Crippen LogP contribution in [0, 0.1) is 11.2 Å². The Balaban J connectivity index is 1.93. The van der Waals surface area contributed by atoms with Gasteiger partial charge >= 0.3 is 0 Å². The molecule has 0 atom stereocenters. The molecule has 1 heterocycles. The molecule has 0 bridgehead atoms. The number of carbonyl (C=O) groups is 2. The summed E-state index contributed by atoms with van der Waals surface area (Å²) in [4.78, 5) is 28.2. The smallest absolute Gasteiger partial charge is 0.251 e. The van der Waals surface area contributed by atoms with E-state index in [9.17, 15) is 14.0 Å². The fraction of sp³-hybridized carbons (Fsp3) is 0.579. The molecule has 0 unspecified atom stereocenters. The first-order chi connectivity index (χ1) is 11.6. The maximum Gasteiger partial charge on any atom is 0.251 e. The number of hydrogen-bond donors (Lipinski definition) is 1. The highest BCUT2D eigenvalue weighted by atomic mass is 19.1. The first-order valence-electron chi connectivity index (χ1n) is 8.66. The molecule has 1 aliphatic heterocycles. The standard InChI is InChI=1S/C19H28FN3O2/c1-19(2,3)18(25)23-10-8-14(9-11-23)21-17(24)13-6-7-16(22(4)5)15(20)12-13/h6-7,12,14H,8-11H2,1-5H3,(H,21,24). The Bertz CT molecular complexity index is 645. The monoisotopic (exact) mass is 349 g/mol. The molecule has 25 heavy (non-hydrogen) atoms. The second-order valence-corrected chi connectivity index (χ2v) is 7.85. The topological polar surface area (TPSA) is 52.7 Å². The number of nitrogens with zero attached hydrogens (tertiary/aromatic N) is 2. The average molecular weight is 349 g/mol. The summed E-state index contributed by atoms with van der Waals surface area (Å²) in [6, 6.07) is 4.51. The molecule has 138 valence electrons. The van der Waals surface area contributed by atoms with Crippen LogP contribution in [0.2, 0.25) is 0 Å². The van der Waals surface area contributed by atoms with Crippen molar-refractivity contribution >= 4 is 17.5 Å². The molecule has 1 aromatic carbocycles. The van der Waals surface area contributed by atoms with Crippen molar-refractivity contribution < 1.29 is 14.0 Å². The maximum absolute atomic E-state index is 14.0. The van der Waals surface area contributed by atoms with Gasteiger partial charge in [-0.05, 0) is 31.0 Å². The molecule has 1 saturated heterocycles. The van der Waals surface area contributed by atoms with Crippen LogP contribution < -0.4 is 10.2 Å². The zero-order valence-corrected chi connectivity index (χ0v) is 15.7. The van der Waals surface area contributed by atoms with Crippen molar-refractivity contribution in [1.29, 1.82) is 0 Å². The van der Waals surface area contributed by atoms with Gasteiger partial charge in [-0.2, -0.15) is 0 Å². The lowest BCUT2D eigenvalue weighted by Crippen LogP contribution is -2.49. The minimum absolute atomic E-state index is 0.00750. The maximum atomic E-state index is 14.0. The molecule has 1 aliphatic rings. The van der Waals surface area contributed by atoms with Crippen molar-refractivity contribution in [2.75, 3.05) is 32.1 Å². The SMILES string of the molecule is CN(C)c1ccc(C(=O)NC2CCN(C(=O)C(C)(C)C)CC2)cc1F. The molecule has 1 fully saturated rings. The number of likely N-dealkylation sites (tertiary alicyclic amines) is 1. The van der Waals surface area contributed by atoms with Crippen LogP contribution in [0.4, 0.5) is 10.1 Å². The Morgan fingerprint density at radius 3 is 2.28 bits per heavy atom. The zero-order valence-electron chi connectivity index (χ0n) is 15.7. The van der Waals surface area contributed by atoms with Crippen LogP contribution >= 0.6 is 0 Å². The highest BCUT2D eigenvalue weighted by Gasteiger charge is 2.30. The molecular weight excluding hydrogens is 321 g/mol. The summed E-state index contributed by atoms with van der Waals surface area (Å²) in [6.45, 7) is 7.00. The average Bonchev–Trinajstić information content (AvgIpc) is 2.53. The van der Waals surface area contributed by atoms with Crippen LogP contribution in [-0.4, -0.2) is 49.9 Å². The summed E-state index contributed by atoms with van der Waals surface area (Å²) >= 11 is 0. The minimum atomic E-state index is -0.414. The summed E-state index contributed by atoms with van der Waals surface area (Å²) in [5, 5.41) is 2.95. The molecule has 5 nitrogen and oxygen atoms in total. The molecule has 1 N–H and O–H groups in total. The highest BCUT2D eigenvalue weighted by molar-refractivity contribution is 5.94. The number of piperidine rings is 1. The number of nitrogens with one attached hydrogen (secondary N) is 1. The van der Waals surface area contributed by atoms with Crippen LogP contribution in [0.25, 0.3) is 0 Å². The van der Waals surface area contributed by atoms with E-state index in [0.717, 1.165) is 0 Å². The summed E-state index contributed by atoms with van der Waals surface area (Å²) in [5.74, 6) is -0.549. The summed E-state index contributed by atoms with van der Waals surface area (Å²) in [7, 11) is 3.51. The van der Waals surface area contributed by atoms with Gasteiger partial charge in [-0.15, -0.1) is 0 Å². The van der Waals surface area contributed by atoms with Crippen LogP contribution in [0.3, 0.4) is 0 Å². The van der Waals surface area contributed by atoms with E-state index in [1.165, 1.54) is 6.07 Å². The van der Waals surface area contributed by atoms with Crippen molar-refractivity contribution in [3.8, 4) is 0 Å². The van der Waals surface area contributed by atoms with Gasteiger partial charge in [0.1, 0.15) is 5.82 Å². The largest absolute Gasteiger partial charge is 0.375 e. The van der Waals surface area contributed by atoms with E-state index in [2.05, 4.69) is 5.32 Å². The number of benzene rings is 1. The van der Waals surface area contributed by atoms with E-state index in [1.807, 2.05) is 25.7 Å². The third-order valence-corrected chi connectivity index (χ3v) is 4.45. The second kappa shape index (κ2) is 7.42. The third kappa shape index (κ3) is 4.71. The lowest BCUT2D eigenvalue weighted by atomic mass is 9.93. The summed E-state index contributed by atoms with van der Waals surface area (Å²) < 4.78 is 14.0. The van der Waals surface area contributed by atoms with Gasteiger partial charge in [0.2, 0.25) is 5.91 Å². The molecule has 6 heteroatoms. The van der Waals surface area contributed by atoms with E-state index < -0.39 is 5.82 Å². The lowest BCUT2D eigenvalue weighted by molar-refractivity contribution is -0.140. The Labute approximate surface area is 149 Å². The van der Waals surface area contributed by atoms with Gasteiger partial charge in [-0.1, -0.05) is 20.8 Å². The minimum Gasteiger partial charge on any atom is -0.375 e. The molecule has 2 amide bonds. The summed E-state index contributed by atoms with van der Waals surface area (Å²) in [5.41, 5.74) is 0.378. The van der Waals surface area contributed by atoms with Crippen molar-refractivity contribution in [3.05, 3.63) is 29.6 Å². The van der Waals surface area contributed by atoms with Crippen LogP contribution in [-0.2, 0) is 4.79 Å². The van der Waals surface area contributed by atoms with E-state index in [4.69, 9.17) is 0 Å². The van der Waals surface area contributed by atoms with E-state index in [1.54, 1.807) is 31.1 Å². The molecular formula is C19H28FN3O2. The number of carbonyl (C=O) groups excluding carboxylic acids is 2. The Kier molecular flexibility index (Phi) is 5.70. The van der Waals surface area contributed by atoms with Crippen molar-refractivity contribution in [3.63, 3.8) is 0 Å². The molecule has 0 spiro atoms. The quantitative estimate of drug-likeness (QED) is 0.913. The number of hydrogen-bond acceptors (Lipinski definition) is 3. The molecule has 2 rings (SSSR count).